The Hall–Kier alpha value is -2.14. The summed E-state index contributed by atoms with van der Waals surface area (Å²) >= 11 is 0. The third-order valence-corrected chi connectivity index (χ3v) is 4.46. The van der Waals surface area contributed by atoms with Gasteiger partial charge < -0.3 is 9.88 Å². The normalized spacial score (nSPS) is 17.8. The molecule has 3 aromatic rings. The molecular weight excluding hydrogens is 274 g/mol. The first-order chi connectivity index (χ1) is 10.8. The van der Waals surface area contributed by atoms with E-state index in [4.69, 9.17) is 4.98 Å². The number of pyridine rings is 1. The lowest BCUT2D eigenvalue weighted by atomic mass is 9.99. The van der Waals surface area contributed by atoms with Crippen molar-refractivity contribution in [1.82, 2.24) is 24.5 Å². The quantitative estimate of drug-likeness (QED) is 0.804. The second-order valence-corrected chi connectivity index (χ2v) is 6.10. The van der Waals surface area contributed by atoms with Crippen molar-refractivity contribution < 1.29 is 0 Å². The van der Waals surface area contributed by atoms with Gasteiger partial charge in [-0.25, -0.2) is 9.50 Å². The molecule has 1 aliphatic heterocycles. The SMILES string of the molecule is Cc1cn2c(n1)C(CNCc1cnn3ccccc13)CCC2. The maximum atomic E-state index is 4.70. The fourth-order valence-corrected chi connectivity index (χ4v) is 3.41. The average molecular weight is 295 g/mol. The summed E-state index contributed by atoms with van der Waals surface area (Å²) in [4.78, 5) is 4.70. The zero-order valence-electron chi connectivity index (χ0n) is 12.9. The van der Waals surface area contributed by atoms with E-state index in [2.05, 4.69) is 40.2 Å². The highest BCUT2D eigenvalue weighted by molar-refractivity contribution is 5.53. The number of aromatic nitrogens is 4. The van der Waals surface area contributed by atoms with Crippen LogP contribution in [0.25, 0.3) is 5.52 Å². The molecule has 1 unspecified atom stereocenters. The van der Waals surface area contributed by atoms with E-state index in [0.717, 1.165) is 25.3 Å². The van der Waals surface area contributed by atoms with Crippen LogP contribution < -0.4 is 5.32 Å². The molecule has 0 aliphatic carbocycles. The monoisotopic (exact) mass is 295 g/mol. The molecule has 1 atom stereocenters. The topological polar surface area (TPSA) is 47.2 Å². The average Bonchev–Trinajstić information content (AvgIpc) is 3.11. The fraction of sp³-hybridized carbons (Fsp3) is 0.412. The van der Waals surface area contributed by atoms with Gasteiger partial charge in [0.05, 0.1) is 17.4 Å². The second kappa shape index (κ2) is 5.57. The van der Waals surface area contributed by atoms with Gasteiger partial charge in [0.2, 0.25) is 0 Å². The molecule has 3 aromatic heterocycles. The van der Waals surface area contributed by atoms with Gasteiger partial charge in [-0.15, -0.1) is 0 Å². The number of aryl methyl sites for hydroxylation is 2. The largest absolute Gasteiger partial charge is 0.334 e. The molecule has 0 amide bonds. The van der Waals surface area contributed by atoms with Crippen molar-refractivity contribution in [2.24, 2.45) is 0 Å². The van der Waals surface area contributed by atoms with Crippen molar-refractivity contribution in [1.29, 1.82) is 0 Å². The molecule has 114 valence electrons. The lowest BCUT2D eigenvalue weighted by molar-refractivity contribution is 0.423. The van der Waals surface area contributed by atoms with Gasteiger partial charge in [-0.3, -0.25) is 0 Å². The van der Waals surface area contributed by atoms with Crippen LogP contribution in [0.4, 0.5) is 0 Å². The summed E-state index contributed by atoms with van der Waals surface area (Å²) in [6, 6.07) is 6.17. The number of imidazole rings is 1. The van der Waals surface area contributed by atoms with Gasteiger partial charge in [-0.2, -0.15) is 5.10 Å². The highest BCUT2D eigenvalue weighted by atomic mass is 15.2. The molecule has 4 rings (SSSR count). The number of fused-ring (bicyclic) bond motifs is 2. The maximum absolute atomic E-state index is 4.70. The summed E-state index contributed by atoms with van der Waals surface area (Å²) in [7, 11) is 0. The zero-order valence-corrected chi connectivity index (χ0v) is 12.9. The van der Waals surface area contributed by atoms with E-state index in [1.165, 1.54) is 29.7 Å². The van der Waals surface area contributed by atoms with E-state index >= 15 is 0 Å². The maximum Gasteiger partial charge on any atom is 0.113 e. The Morgan fingerprint density at radius 1 is 1.36 bits per heavy atom. The Morgan fingerprint density at radius 3 is 3.27 bits per heavy atom. The predicted molar refractivity (Wildman–Crippen MR) is 85.8 cm³/mol. The number of rotatable bonds is 4. The van der Waals surface area contributed by atoms with Gasteiger partial charge in [0.15, 0.2) is 0 Å². The standard InChI is InChI=1S/C17H21N5/c1-13-12-21-7-4-5-14(17(21)20-13)9-18-10-15-11-19-22-8-3-2-6-16(15)22/h2-3,6,8,11-12,14,18H,4-5,7,9-10H2,1H3. The van der Waals surface area contributed by atoms with Crippen molar-refractivity contribution in [3.63, 3.8) is 0 Å². The minimum absolute atomic E-state index is 0.518. The second-order valence-electron chi connectivity index (χ2n) is 6.10. The molecule has 0 saturated heterocycles. The van der Waals surface area contributed by atoms with Crippen LogP contribution >= 0.6 is 0 Å². The molecule has 0 aromatic carbocycles. The summed E-state index contributed by atoms with van der Waals surface area (Å²) in [6.07, 6.45) is 8.57. The Bertz CT molecular complexity index is 785. The molecular formula is C17H21N5. The van der Waals surface area contributed by atoms with E-state index in [-0.39, 0.29) is 0 Å². The fourth-order valence-electron chi connectivity index (χ4n) is 3.41. The van der Waals surface area contributed by atoms with E-state index in [1.807, 2.05) is 23.0 Å². The predicted octanol–water partition coefficient (Wildman–Crippen LogP) is 2.51. The van der Waals surface area contributed by atoms with Crippen molar-refractivity contribution in [2.75, 3.05) is 6.54 Å². The molecule has 5 heteroatoms. The van der Waals surface area contributed by atoms with Crippen LogP contribution in [0.5, 0.6) is 0 Å². The first kappa shape index (κ1) is 13.5. The number of nitrogens with one attached hydrogen (secondary N) is 1. The molecule has 0 radical (unpaired) electrons. The van der Waals surface area contributed by atoms with Gasteiger partial charge in [0.1, 0.15) is 5.82 Å². The van der Waals surface area contributed by atoms with E-state index in [1.54, 1.807) is 0 Å². The van der Waals surface area contributed by atoms with Crippen LogP contribution in [-0.4, -0.2) is 25.7 Å². The zero-order chi connectivity index (χ0) is 14.9. The van der Waals surface area contributed by atoms with Crippen LogP contribution in [0.3, 0.4) is 0 Å². The van der Waals surface area contributed by atoms with Crippen molar-refractivity contribution >= 4 is 5.52 Å². The summed E-state index contributed by atoms with van der Waals surface area (Å²) < 4.78 is 4.24. The Kier molecular flexibility index (Phi) is 3.42. The minimum Gasteiger partial charge on any atom is -0.334 e. The van der Waals surface area contributed by atoms with Gasteiger partial charge in [0.25, 0.3) is 0 Å². The summed E-state index contributed by atoms with van der Waals surface area (Å²) in [5, 5.41) is 7.98. The van der Waals surface area contributed by atoms with Crippen LogP contribution in [0.2, 0.25) is 0 Å². The number of hydrogen-bond acceptors (Lipinski definition) is 3. The smallest absolute Gasteiger partial charge is 0.113 e. The number of nitrogens with zero attached hydrogens (tertiary/aromatic N) is 4. The molecule has 0 bridgehead atoms. The van der Waals surface area contributed by atoms with E-state index in [0.29, 0.717) is 5.92 Å². The van der Waals surface area contributed by atoms with E-state index < -0.39 is 0 Å². The molecule has 1 aliphatic rings. The Balaban J connectivity index is 1.43. The highest BCUT2D eigenvalue weighted by Crippen LogP contribution is 2.26. The van der Waals surface area contributed by atoms with Crippen molar-refractivity contribution in [3.8, 4) is 0 Å². The minimum atomic E-state index is 0.518. The molecule has 1 N–H and O–H groups in total. The van der Waals surface area contributed by atoms with E-state index in [9.17, 15) is 0 Å². The molecule has 5 nitrogen and oxygen atoms in total. The Morgan fingerprint density at radius 2 is 2.32 bits per heavy atom. The van der Waals surface area contributed by atoms with Gasteiger partial charge >= 0.3 is 0 Å². The Labute approximate surface area is 130 Å². The van der Waals surface area contributed by atoms with Crippen molar-refractivity contribution in [3.05, 3.63) is 53.9 Å². The number of hydrogen-bond donors (Lipinski definition) is 1. The lowest BCUT2D eigenvalue weighted by Gasteiger charge is -2.23. The van der Waals surface area contributed by atoms with Crippen LogP contribution in [0, 0.1) is 6.92 Å². The van der Waals surface area contributed by atoms with Crippen LogP contribution in [0.15, 0.2) is 36.8 Å². The first-order valence-electron chi connectivity index (χ1n) is 7.97. The van der Waals surface area contributed by atoms with Gasteiger partial charge in [-0.05, 0) is 31.9 Å². The third kappa shape index (κ3) is 2.41. The highest BCUT2D eigenvalue weighted by Gasteiger charge is 2.22. The molecule has 0 saturated carbocycles. The van der Waals surface area contributed by atoms with Gasteiger partial charge in [0, 0.05) is 43.5 Å². The lowest BCUT2D eigenvalue weighted by Crippen LogP contribution is -2.26. The molecule has 0 spiro atoms. The first-order valence-corrected chi connectivity index (χ1v) is 7.97. The molecule has 4 heterocycles. The molecule has 0 fully saturated rings. The van der Waals surface area contributed by atoms with Crippen LogP contribution in [-0.2, 0) is 13.1 Å². The summed E-state index contributed by atoms with van der Waals surface area (Å²) in [6.45, 7) is 5.01. The summed E-state index contributed by atoms with van der Waals surface area (Å²) in [5.41, 5.74) is 3.55. The summed E-state index contributed by atoms with van der Waals surface area (Å²) in [5.74, 6) is 1.76. The van der Waals surface area contributed by atoms with Crippen LogP contribution in [0.1, 0.15) is 35.8 Å². The van der Waals surface area contributed by atoms with Gasteiger partial charge in [-0.1, -0.05) is 6.07 Å². The van der Waals surface area contributed by atoms with Crippen molar-refractivity contribution in [2.45, 2.75) is 38.8 Å². The molecule has 22 heavy (non-hydrogen) atoms. The third-order valence-electron chi connectivity index (χ3n) is 4.46.